The van der Waals surface area contributed by atoms with Crippen molar-refractivity contribution in [3.05, 3.63) is 36.0 Å². The van der Waals surface area contributed by atoms with Crippen LogP contribution in [0, 0.1) is 0 Å². The highest BCUT2D eigenvalue weighted by atomic mass is 15.2. The van der Waals surface area contributed by atoms with Crippen molar-refractivity contribution >= 4 is 10.9 Å². The summed E-state index contributed by atoms with van der Waals surface area (Å²) < 4.78 is 0. The number of H-pyrrole nitrogens is 1. The number of fused-ring (bicyclic) bond motifs is 1. The molecule has 0 amide bonds. The highest BCUT2D eigenvalue weighted by Gasteiger charge is 2.08. The Balaban J connectivity index is 1.47. The molecule has 1 aliphatic rings. The molecular formula is C16H23N3. The number of unbranched alkanes of at least 4 members (excludes halogenated alkanes) is 1. The molecule has 1 aliphatic heterocycles. The van der Waals surface area contributed by atoms with Crippen LogP contribution in [0.2, 0.25) is 0 Å². The summed E-state index contributed by atoms with van der Waals surface area (Å²) in [4.78, 5) is 5.93. The maximum Gasteiger partial charge on any atom is 0.0456 e. The molecule has 3 rings (SSSR count). The van der Waals surface area contributed by atoms with Gasteiger partial charge in [0.15, 0.2) is 0 Å². The van der Waals surface area contributed by atoms with Gasteiger partial charge in [0.05, 0.1) is 0 Å². The second-order valence-electron chi connectivity index (χ2n) is 5.41. The molecule has 2 heterocycles. The van der Waals surface area contributed by atoms with Crippen molar-refractivity contribution < 1.29 is 0 Å². The normalized spacial score (nSPS) is 17.1. The van der Waals surface area contributed by atoms with Gasteiger partial charge in [-0.2, -0.15) is 0 Å². The van der Waals surface area contributed by atoms with Crippen LogP contribution in [0.15, 0.2) is 30.5 Å². The van der Waals surface area contributed by atoms with E-state index in [1.807, 2.05) is 0 Å². The highest BCUT2D eigenvalue weighted by molar-refractivity contribution is 5.82. The van der Waals surface area contributed by atoms with Gasteiger partial charge >= 0.3 is 0 Å². The standard InChI is InChI=1S/C16H23N3/c1-2-7-16-15(6-1)14(13-18-16)5-3-4-10-19-11-8-17-9-12-19/h1-2,6-7,13,17-18H,3-5,8-12H2. The average molecular weight is 257 g/mol. The lowest BCUT2D eigenvalue weighted by molar-refractivity contribution is 0.237. The van der Waals surface area contributed by atoms with Gasteiger partial charge in [0.25, 0.3) is 0 Å². The number of hydrogen-bond acceptors (Lipinski definition) is 2. The van der Waals surface area contributed by atoms with Crippen LogP contribution in [0.5, 0.6) is 0 Å². The third-order valence-electron chi connectivity index (χ3n) is 4.05. The van der Waals surface area contributed by atoms with Gasteiger partial charge in [0.1, 0.15) is 0 Å². The van der Waals surface area contributed by atoms with Crippen molar-refractivity contribution in [2.45, 2.75) is 19.3 Å². The fourth-order valence-electron chi connectivity index (χ4n) is 2.92. The van der Waals surface area contributed by atoms with Gasteiger partial charge in [0.2, 0.25) is 0 Å². The first-order chi connectivity index (χ1) is 9.43. The number of aromatic amines is 1. The number of hydrogen-bond donors (Lipinski definition) is 2. The largest absolute Gasteiger partial charge is 0.361 e. The third kappa shape index (κ3) is 3.17. The van der Waals surface area contributed by atoms with Gasteiger partial charge in [-0.05, 0) is 37.4 Å². The summed E-state index contributed by atoms with van der Waals surface area (Å²) in [6, 6.07) is 8.59. The Morgan fingerprint density at radius 1 is 1.05 bits per heavy atom. The Hall–Kier alpha value is -1.32. The second kappa shape index (κ2) is 6.22. The van der Waals surface area contributed by atoms with E-state index in [9.17, 15) is 0 Å². The Bertz CT molecular complexity index is 511. The molecule has 1 fully saturated rings. The molecule has 1 aromatic carbocycles. The van der Waals surface area contributed by atoms with Gasteiger partial charge in [-0.1, -0.05) is 18.2 Å². The topological polar surface area (TPSA) is 31.1 Å². The molecule has 0 atom stereocenters. The SMILES string of the molecule is c1ccc2c(CCCCN3CCNCC3)c[nH]c2c1. The van der Waals surface area contributed by atoms with Crippen LogP contribution < -0.4 is 5.32 Å². The van der Waals surface area contributed by atoms with E-state index in [1.54, 1.807) is 0 Å². The fourth-order valence-corrected chi connectivity index (χ4v) is 2.92. The first kappa shape index (κ1) is 12.7. The van der Waals surface area contributed by atoms with Crippen LogP contribution in [-0.4, -0.2) is 42.6 Å². The van der Waals surface area contributed by atoms with E-state index in [-0.39, 0.29) is 0 Å². The predicted molar refractivity (Wildman–Crippen MR) is 80.5 cm³/mol. The summed E-state index contributed by atoms with van der Waals surface area (Å²) >= 11 is 0. The van der Waals surface area contributed by atoms with Crippen molar-refractivity contribution in [3.8, 4) is 0 Å². The van der Waals surface area contributed by atoms with Crippen molar-refractivity contribution in [1.29, 1.82) is 0 Å². The van der Waals surface area contributed by atoms with Crippen molar-refractivity contribution in [2.24, 2.45) is 0 Å². The van der Waals surface area contributed by atoms with E-state index in [0.29, 0.717) is 0 Å². The zero-order valence-electron chi connectivity index (χ0n) is 11.5. The number of aryl methyl sites for hydroxylation is 1. The summed E-state index contributed by atoms with van der Waals surface area (Å²) in [5.74, 6) is 0. The molecule has 102 valence electrons. The van der Waals surface area contributed by atoms with Gasteiger partial charge in [-0.25, -0.2) is 0 Å². The van der Waals surface area contributed by atoms with Crippen molar-refractivity contribution in [2.75, 3.05) is 32.7 Å². The number of para-hydroxylation sites is 1. The van der Waals surface area contributed by atoms with E-state index in [2.05, 4.69) is 45.7 Å². The molecule has 0 radical (unpaired) electrons. The monoisotopic (exact) mass is 257 g/mol. The first-order valence-corrected chi connectivity index (χ1v) is 7.41. The summed E-state index contributed by atoms with van der Waals surface area (Å²) in [6.07, 6.45) is 5.96. The molecule has 0 unspecified atom stereocenters. The minimum atomic E-state index is 1.16. The van der Waals surface area contributed by atoms with Crippen LogP contribution in [0.4, 0.5) is 0 Å². The van der Waals surface area contributed by atoms with Crippen LogP contribution in [0.3, 0.4) is 0 Å². The number of nitrogens with zero attached hydrogens (tertiary/aromatic N) is 1. The lowest BCUT2D eigenvalue weighted by Crippen LogP contribution is -2.43. The molecule has 3 heteroatoms. The average Bonchev–Trinajstić information content (AvgIpc) is 2.88. The van der Waals surface area contributed by atoms with Crippen LogP contribution in [0.1, 0.15) is 18.4 Å². The molecule has 19 heavy (non-hydrogen) atoms. The van der Waals surface area contributed by atoms with Crippen LogP contribution >= 0.6 is 0 Å². The summed E-state index contributed by atoms with van der Waals surface area (Å²) in [5.41, 5.74) is 2.73. The molecule has 2 aromatic rings. The zero-order valence-corrected chi connectivity index (χ0v) is 11.5. The molecule has 1 saturated heterocycles. The van der Waals surface area contributed by atoms with E-state index in [0.717, 1.165) is 13.1 Å². The highest BCUT2D eigenvalue weighted by Crippen LogP contribution is 2.19. The zero-order chi connectivity index (χ0) is 12.9. The number of benzene rings is 1. The summed E-state index contributed by atoms with van der Waals surface area (Å²) in [6.45, 7) is 6.00. The van der Waals surface area contributed by atoms with E-state index < -0.39 is 0 Å². The number of piperazine rings is 1. The molecule has 1 aromatic heterocycles. The van der Waals surface area contributed by atoms with E-state index in [4.69, 9.17) is 0 Å². The smallest absolute Gasteiger partial charge is 0.0456 e. The second-order valence-corrected chi connectivity index (χ2v) is 5.41. The van der Waals surface area contributed by atoms with Gasteiger partial charge in [0, 0.05) is 43.3 Å². The molecule has 0 spiro atoms. The number of rotatable bonds is 5. The molecule has 2 N–H and O–H groups in total. The van der Waals surface area contributed by atoms with Crippen molar-refractivity contribution in [3.63, 3.8) is 0 Å². The Morgan fingerprint density at radius 3 is 2.79 bits per heavy atom. The minimum absolute atomic E-state index is 1.16. The summed E-state index contributed by atoms with van der Waals surface area (Å²) in [7, 11) is 0. The molecule has 0 aliphatic carbocycles. The van der Waals surface area contributed by atoms with Gasteiger partial charge in [-0.15, -0.1) is 0 Å². The maximum absolute atomic E-state index is 3.40. The minimum Gasteiger partial charge on any atom is -0.361 e. The molecular weight excluding hydrogens is 234 g/mol. The maximum atomic E-state index is 3.40. The van der Waals surface area contributed by atoms with Crippen LogP contribution in [0.25, 0.3) is 10.9 Å². The van der Waals surface area contributed by atoms with Gasteiger partial charge < -0.3 is 15.2 Å². The van der Waals surface area contributed by atoms with E-state index >= 15 is 0 Å². The quantitative estimate of drug-likeness (QED) is 0.806. The molecule has 0 bridgehead atoms. The lowest BCUT2D eigenvalue weighted by atomic mass is 10.1. The molecule has 3 nitrogen and oxygen atoms in total. The first-order valence-electron chi connectivity index (χ1n) is 7.41. The fraction of sp³-hybridized carbons (Fsp3) is 0.500. The van der Waals surface area contributed by atoms with Crippen molar-refractivity contribution in [1.82, 2.24) is 15.2 Å². The van der Waals surface area contributed by atoms with Crippen LogP contribution in [-0.2, 0) is 6.42 Å². The predicted octanol–water partition coefficient (Wildman–Crippen LogP) is 2.40. The third-order valence-corrected chi connectivity index (χ3v) is 4.05. The van der Waals surface area contributed by atoms with Gasteiger partial charge in [-0.3, -0.25) is 0 Å². The number of nitrogens with one attached hydrogen (secondary N) is 2. The lowest BCUT2D eigenvalue weighted by Gasteiger charge is -2.26. The summed E-state index contributed by atoms with van der Waals surface area (Å²) in [5, 5.41) is 4.80. The number of aromatic nitrogens is 1. The van der Waals surface area contributed by atoms with E-state index in [1.165, 1.54) is 55.4 Å². The Kier molecular flexibility index (Phi) is 4.16. The Morgan fingerprint density at radius 2 is 1.89 bits per heavy atom. The molecule has 0 saturated carbocycles. The Labute approximate surface area is 115 Å².